The van der Waals surface area contributed by atoms with Crippen LogP contribution in [0.1, 0.15) is 45.9 Å². The second-order valence-corrected chi connectivity index (χ2v) is 9.68. The highest BCUT2D eigenvalue weighted by Crippen LogP contribution is 2.44. The van der Waals surface area contributed by atoms with Crippen molar-refractivity contribution in [1.29, 1.82) is 0 Å². The van der Waals surface area contributed by atoms with Crippen molar-refractivity contribution >= 4 is 34.6 Å². The van der Waals surface area contributed by atoms with Gasteiger partial charge in [-0.15, -0.1) is 0 Å². The molecular formula is C28H27ClN4S. The summed E-state index contributed by atoms with van der Waals surface area (Å²) in [5, 5.41) is 4.93. The van der Waals surface area contributed by atoms with Crippen LogP contribution in [-0.2, 0) is 0 Å². The summed E-state index contributed by atoms with van der Waals surface area (Å²) in [6, 6.07) is 22.5. The number of thiocarbonyl (C=S) groups is 1. The Morgan fingerprint density at radius 3 is 2.41 bits per heavy atom. The van der Waals surface area contributed by atoms with E-state index < -0.39 is 0 Å². The molecule has 2 atom stereocenters. The third-order valence-corrected chi connectivity index (χ3v) is 7.38. The summed E-state index contributed by atoms with van der Waals surface area (Å²) in [7, 11) is 0. The Balaban J connectivity index is 1.70. The molecule has 1 saturated heterocycles. The van der Waals surface area contributed by atoms with Gasteiger partial charge in [0.1, 0.15) is 0 Å². The van der Waals surface area contributed by atoms with E-state index in [1.54, 1.807) is 0 Å². The average Bonchev–Trinajstić information content (AvgIpc) is 3.32. The molecule has 1 fully saturated rings. The predicted octanol–water partition coefficient (Wildman–Crippen LogP) is 6.94. The van der Waals surface area contributed by atoms with Crippen LogP contribution in [0.2, 0.25) is 5.02 Å². The highest BCUT2D eigenvalue weighted by molar-refractivity contribution is 7.80. The minimum atomic E-state index is -0.0862. The Morgan fingerprint density at radius 1 is 0.941 bits per heavy atom. The number of hydrogen-bond donors (Lipinski definition) is 1. The highest BCUT2D eigenvalue weighted by Gasteiger charge is 2.42. The first kappa shape index (κ1) is 22.6. The van der Waals surface area contributed by atoms with Gasteiger partial charge >= 0.3 is 0 Å². The van der Waals surface area contributed by atoms with E-state index >= 15 is 0 Å². The zero-order valence-electron chi connectivity index (χ0n) is 19.7. The molecule has 0 aliphatic carbocycles. The van der Waals surface area contributed by atoms with Crippen molar-refractivity contribution in [3.63, 3.8) is 0 Å². The molecule has 1 N–H and O–H groups in total. The number of rotatable bonds is 4. The van der Waals surface area contributed by atoms with Crippen LogP contribution in [0.5, 0.6) is 0 Å². The molecule has 4 nitrogen and oxygen atoms in total. The third-order valence-electron chi connectivity index (χ3n) is 6.81. The Labute approximate surface area is 211 Å². The van der Waals surface area contributed by atoms with Crippen molar-refractivity contribution in [2.24, 2.45) is 0 Å². The smallest absolute Gasteiger partial charge is 0.174 e. The Kier molecular flexibility index (Phi) is 5.92. The van der Waals surface area contributed by atoms with Gasteiger partial charge < -0.3 is 14.8 Å². The second kappa shape index (κ2) is 8.90. The fraction of sp³-hybridized carbons (Fsp3) is 0.214. The minimum Gasteiger partial charge on any atom is -0.351 e. The largest absolute Gasteiger partial charge is 0.351 e. The number of nitrogens with one attached hydrogen (secondary N) is 1. The summed E-state index contributed by atoms with van der Waals surface area (Å²) >= 11 is 12.1. The molecule has 0 spiro atoms. The van der Waals surface area contributed by atoms with Gasteiger partial charge in [0, 0.05) is 34.0 Å². The van der Waals surface area contributed by atoms with Gasteiger partial charge in [-0.05, 0) is 105 Å². The standard InChI is InChI=1S/C28H27ClN4S/c1-17-8-7-10-25(19(17)3)32-18(2)16-23(20(32)4)27-26(24-9-5-6-15-30-24)31-28(34)33(27)22-13-11-21(29)12-14-22/h5-16,26-27H,1-4H3,(H,31,34)/t26-,27-/m1/s1. The molecule has 4 aromatic rings. The quantitative estimate of drug-likeness (QED) is 0.317. The summed E-state index contributed by atoms with van der Waals surface area (Å²) in [5.74, 6) is 0. The predicted molar refractivity (Wildman–Crippen MR) is 144 cm³/mol. The van der Waals surface area contributed by atoms with Crippen LogP contribution < -0.4 is 10.2 Å². The van der Waals surface area contributed by atoms with Crippen molar-refractivity contribution < 1.29 is 0 Å². The van der Waals surface area contributed by atoms with E-state index in [0.29, 0.717) is 10.1 Å². The maximum atomic E-state index is 6.20. The van der Waals surface area contributed by atoms with Crippen LogP contribution in [0.4, 0.5) is 5.69 Å². The van der Waals surface area contributed by atoms with Crippen molar-refractivity contribution in [3.05, 3.63) is 112 Å². The molecule has 2 aromatic heterocycles. The van der Waals surface area contributed by atoms with Crippen LogP contribution >= 0.6 is 23.8 Å². The van der Waals surface area contributed by atoms with Gasteiger partial charge in [0.15, 0.2) is 5.11 Å². The van der Waals surface area contributed by atoms with Crippen LogP contribution in [0.25, 0.3) is 5.69 Å². The fourth-order valence-electron chi connectivity index (χ4n) is 4.99. The van der Waals surface area contributed by atoms with Gasteiger partial charge in [-0.3, -0.25) is 4.98 Å². The van der Waals surface area contributed by atoms with E-state index in [1.807, 2.05) is 42.6 Å². The van der Waals surface area contributed by atoms with E-state index in [1.165, 1.54) is 33.8 Å². The monoisotopic (exact) mass is 486 g/mol. The summed E-state index contributed by atoms with van der Waals surface area (Å²) in [6.45, 7) is 8.71. The SMILES string of the molecule is Cc1cccc(-n2c(C)cc([C@@H]3[C@@H](c4ccccn4)NC(=S)N3c3ccc(Cl)cc3)c2C)c1C. The second-order valence-electron chi connectivity index (χ2n) is 8.85. The van der Waals surface area contributed by atoms with Crippen molar-refractivity contribution in [3.8, 4) is 5.69 Å². The topological polar surface area (TPSA) is 33.1 Å². The molecule has 172 valence electrons. The van der Waals surface area contributed by atoms with Crippen molar-refractivity contribution in [1.82, 2.24) is 14.9 Å². The molecule has 1 aliphatic rings. The first-order valence-corrected chi connectivity index (χ1v) is 12.2. The van der Waals surface area contributed by atoms with Crippen LogP contribution in [-0.4, -0.2) is 14.7 Å². The lowest BCUT2D eigenvalue weighted by molar-refractivity contribution is 0.565. The van der Waals surface area contributed by atoms with Crippen LogP contribution in [0.15, 0.2) is 72.9 Å². The Morgan fingerprint density at radius 2 is 1.71 bits per heavy atom. The van der Waals surface area contributed by atoms with Gasteiger partial charge in [-0.1, -0.05) is 29.8 Å². The molecule has 6 heteroatoms. The van der Waals surface area contributed by atoms with E-state index in [9.17, 15) is 0 Å². The number of halogens is 1. The molecule has 5 rings (SSSR count). The van der Waals surface area contributed by atoms with E-state index in [4.69, 9.17) is 23.8 Å². The van der Waals surface area contributed by atoms with E-state index in [0.717, 1.165) is 11.4 Å². The van der Waals surface area contributed by atoms with Crippen LogP contribution in [0, 0.1) is 27.7 Å². The maximum absolute atomic E-state index is 6.20. The molecule has 2 aromatic carbocycles. The number of nitrogens with zero attached hydrogens (tertiary/aromatic N) is 3. The van der Waals surface area contributed by atoms with Gasteiger partial charge in [-0.2, -0.15) is 0 Å². The number of aryl methyl sites for hydroxylation is 2. The minimum absolute atomic E-state index is 0.0614. The maximum Gasteiger partial charge on any atom is 0.174 e. The van der Waals surface area contributed by atoms with Gasteiger partial charge in [0.2, 0.25) is 0 Å². The number of aromatic nitrogens is 2. The average molecular weight is 487 g/mol. The van der Waals surface area contributed by atoms with Gasteiger partial charge in [0.05, 0.1) is 17.8 Å². The summed E-state index contributed by atoms with van der Waals surface area (Å²) < 4.78 is 2.36. The lowest BCUT2D eigenvalue weighted by Gasteiger charge is -2.28. The van der Waals surface area contributed by atoms with Crippen LogP contribution in [0.3, 0.4) is 0 Å². The van der Waals surface area contributed by atoms with E-state index in [2.05, 4.69) is 77.8 Å². The first-order chi connectivity index (χ1) is 16.4. The number of hydrogen-bond acceptors (Lipinski definition) is 2. The molecule has 0 bridgehead atoms. The molecule has 0 radical (unpaired) electrons. The molecule has 0 saturated carbocycles. The van der Waals surface area contributed by atoms with Gasteiger partial charge in [-0.25, -0.2) is 0 Å². The summed E-state index contributed by atoms with van der Waals surface area (Å²) in [5.41, 5.74) is 9.34. The van der Waals surface area contributed by atoms with Gasteiger partial charge in [0.25, 0.3) is 0 Å². The Bertz CT molecular complexity index is 1360. The number of anilines is 1. The molecular weight excluding hydrogens is 460 g/mol. The van der Waals surface area contributed by atoms with Crippen molar-refractivity contribution in [2.75, 3.05) is 4.90 Å². The van der Waals surface area contributed by atoms with E-state index in [-0.39, 0.29) is 12.1 Å². The molecule has 34 heavy (non-hydrogen) atoms. The molecule has 1 aliphatic heterocycles. The van der Waals surface area contributed by atoms with Crippen molar-refractivity contribution in [2.45, 2.75) is 39.8 Å². The lowest BCUT2D eigenvalue weighted by Crippen LogP contribution is -2.29. The fourth-order valence-corrected chi connectivity index (χ4v) is 5.46. The lowest BCUT2D eigenvalue weighted by atomic mass is 9.96. The summed E-state index contributed by atoms with van der Waals surface area (Å²) in [4.78, 5) is 6.87. The Hall–Kier alpha value is -3.15. The molecule has 3 heterocycles. The normalized spacial score (nSPS) is 17.8. The first-order valence-electron chi connectivity index (χ1n) is 11.4. The summed E-state index contributed by atoms with van der Waals surface area (Å²) in [6.07, 6.45) is 1.83. The zero-order chi connectivity index (χ0) is 24.0. The number of benzene rings is 2. The number of pyridine rings is 1. The highest BCUT2D eigenvalue weighted by atomic mass is 35.5. The third kappa shape index (κ3) is 3.79. The molecule has 0 unspecified atom stereocenters. The molecule has 0 amide bonds. The zero-order valence-corrected chi connectivity index (χ0v) is 21.3.